The Morgan fingerprint density at radius 2 is 2.04 bits per heavy atom. The van der Waals surface area contributed by atoms with E-state index in [-0.39, 0.29) is 23.5 Å². The van der Waals surface area contributed by atoms with Gasteiger partial charge in [-0.1, -0.05) is 0 Å². The lowest BCUT2D eigenvalue weighted by Crippen LogP contribution is -2.41. The van der Waals surface area contributed by atoms with Gasteiger partial charge in [-0.3, -0.25) is 9.78 Å². The van der Waals surface area contributed by atoms with Crippen molar-refractivity contribution in [2.75, 3.05) is 23.4 Å². The van der Waals surface area contributed by atoms with E-state index in [2.05, 4.69) is 15.3 Å². The van der Waals surface area contributed by atoms with E-state index in [1.165, 1.54) is 0 Å². The van der Waals surface area contributed by atoms with Gasteiger partial charge in [-0.2, -0.15) is 0 Å². The zero-order chi connectivity index (χ0) is 18.6. The Kier molecular flexibility index (Phi) is 5.51. The molecule has 1 unspecified atom stereocenters. The summed E-state index contributed by atoms with van der Waals surface area (Å²) in [4.78, 5) is 22.5. The maximum Gasteiger partial charge on any atom is 0.272 e. The van der Waals surface area contributed by atoms with Crippen molar-refractivity contribution in [1.29, 1.82) is 0 Å². The molecule has 2 aromatic rings. The largest absolute Gasteiger partial charge is 0.380 e. The molecule has 1 aliphatic heterocycles. The lowest BCUT2D eigenvalue weighted by atomic mass is 10.2. The molecule has 3 heterocycles. The van der Waals surface area contributed by atoms with E-state index in [0.29, 0.717) is 25.2 Å². The minimum absolute atomic E-state index is 0.0398. The van der Waals surface area contributed by atoms with Crippen LogP contribution in [0.5, 0.6) is 0 Å². The van der Waals surface area contributed by atoms with Gasteiger partial charge in [-0.05, 0) is 43.2 Å². The number of anilines is 1. The summed E-state index contributed by atoms with van der Waals surface area (Å²) in [6.07, 6.45) is 5.58. The normalized spacial score (nSPS) is 18.4. The fourth-order valence-corrected chi connectivity index (χ4v) is 4.80. The molecule has 3 rings (SSSR count). The van der Waals surface area contributed by atoms with E-state index in [4.69, 9.17) is 0 Å². The fraction of sp³-hybridized carbons (Fsp3) is 0.389. The second-order valence-corrected chi connectivity index (χ2v) is 8.52. The molecule has 26 heavy (non-hydrogen) atoms. The highest BCUT2D eigenvalue weighted by Crippen LogP contribution is 2.20. The number of carbonyl (C=O) groups excluding carboxylic acids is 1. The molecule has 1 N–H and O–H groups in total. The summed E-state index contributed by atoms with van der Waals surface area (Å²) >= 11 is 0. The van der Waals surface area contributed by atoms with Gasteiger partial charge in [0, 0.05) is 31.5 Å². The summed E-state index contributed by atoms with van der Waals surface area (Å²) in [5, 5.41) is 3.24. The molecule has 1 saturated heterocycles. The highest BCUT2D eigenvalue weighted by molar-refractivity contribution is 7.91. The van der Waals surface area contributed by atoms with Gasteiger partial charge in [-0.25, -0.2) is 13.4 Å². The number of nitrogens with one attached hydrogen (secondary N) is 1. The van der Waals surface area contributed by atoms with Crippen molar-refractivity contribution in [3.8, 4) is 0 Å². The first-order valence-corrected chi connectivity index (χ1v) is 10.4. The molecule has 2 aromatic heterocycles. The second-order valence-electron chi connectivity index (χ2n) is 6.29. The van der Waals surface area contributed by atoms with Crippen molar-refractivity contribution in [3.05, 3.63) is 54.1 Å². The van der Waals surface area contributed by atoms with Crippen molar-refractivity contribution >= 4 is 21.4 Å². The van der Waals surface area contributed by atoms with Gasteiger partial charge in [-0.15, -0.1) is 0 Å². The Hall–Kier alpha value is -2.48. The Labute approximate surface area is 153 Å². The molecule has 7 nitrogen and oxygen atoms in total. The number of aromatic nitrogens is 2. The van der Waals surface area contributed by atoms with Crippen molar-refractivity contribution in [2.24, 2.45) is 0 Å². The van der Waals surface area contributed by atoms with Crippen LogP contribution in [0.25, 0.3) is 0 Å². The first kappa shape index (κ1) is 18.3. The molecule has 8 heteroatoms. The molecule has 0 spiro atoms. The van der Waals surface area contributed by atoms with Crippen LogP contribution in [-0.4, -0.2) is 53.3 Å². The lowest BCUT2D eigenvalue weighted by molar-refractivity contribution is 0.0702. The van der Waals surface area contributed by atoms with E-state index in [0.717, 1.165) is 11.3 Å². The van der Waals surface area contributed by atoms with E-state index < -0.39 is 9.84 Å². The Bertz CT molecular complexity index is 854. The Morgan fingerprint density at radius 1 is 1.27 bits per heavy atom. The van der Waals surface area contributed by atoms with Crippen LogP contribution in [0.1, 0.15) is 29.4 Å². The molecule has 1 atom stereocenters. The van der Waals surface area contributed by atoms with Gasteiger partial charge in [0.25, 0.3) is 5.91 Å². The number of pyridine rings is 2. The highest BCUT2D eigenvalue weighted by atomic mass is 32.2. The smallest absolute Gasteiger partial charge is 0.272 e. The van der Waals surface area contributed by atoms with E-state index >= 15 is 0 Å². The summed E-state index contributed by atoms with van der Waals surface area (Å²) in [7, 11) is -3.04. The minimum Gasteiger partial charge on any atom is -0.380 e. The van der Waals surface area contributed by atoms with Crippen LogP contribution >= 0.6 is 0 Å². The van der Waals surface area contributed by atoms with Gasteiger partial charge in [0.05, 0.1) is 23.4 Å². The van der Waals surface area contributed by atoms with E-state index in [1.807, 2.05) is 19.1 Å². The molecule has 1 aliphatic rings. The van der Waals surface area contributed by atoms with Crippen molar-refractivity contribution < 1.29 is 13.2 Å². The summed E-state index contributed by atoms with van der Waals surface area (Å²) in [5.74, 6) is -0.0412. The van der Waals surface area contributed by atoms with Crippen LogP contribution in [0.3, 0.4) is 0 Å². The predicted octanol–water partition coefficient (Wildman–Crippen LogP) is 1.74. The average molecular weight is 374 g/mol. The lowest BCUT2D eigenvalue weighted by Gasteiger charge is -2.26. The molecule has 1 amide bonds. The minimum atomic E-state index is -3.04. The third kappa shape index (κ3) is 4.37. The van der Waals surface area contributed by atoms with Crippen LogP contribution < -0.4 is 5.32 Å². The molecule has 0 aliphatic carbocycles. The molecule has 0 saturated carbocycles. The number of rotatable bonds is 6. The van der Waals surface area contributed by atoms with Gasteiger partial charge in [0.15, 0.2) is 9.84 Å². The molecule has 0 radical (unpaired) electrons. The van der Waals surface area contributed by atoms with Crippen molar-refractivity contribution in [1.82, 2.24) is 14.9 Å². The van der Waals surface area contributed by atoms with E-state index in [9.17, 15) is 13.2 Å². The standard InChI is InChI=1S/C18H22N4O3S/c1-2-22(16-7-10-26(24,25)13-16)18(23)17-4-3-15(12-21-17)20-11-14-5-8-19-9-6-14/h3-6,8-9,12,16,20H,2,7,10-11,13H2,1H3. The van der Waals surface area contributed by atoms with Crippen molar-refractivity contribution in [2.45, 2.75) is 25.9 Å². The summed E-state index contributed by atoms with van der Waals surface area (Å²) < 4.78 is 23.4. The average Bonchev–Trinajstić information content (AvgIpc) is 3.01. The molecule has 1 fully saturated rings. The molecular weight excluding hydrogens is 352 g/mol. The third-order valence-electron chi connectivity index (χ3n) is 4.48. The zero-order valence-corrected chi connectivity index (χ0v) is 15.4. The number of amides is 1. The highest BCUT2D eigenvalue weighted by Gasteiger charge is 2.34. The monoisotopic (exact) mass is 374 g/mol. The number of hydrogen-bond donors (Lipinski definition) is 1. The number of hydrogen-bond acceptors (Lipinski definition) is 6. The maximum absolute atomic E-state index is 12.7. The molecule has 0 bridgehead atoms. The number of nitrogens with zero attached hydrogens (tertiary/aromatic N) is 3. The predicted molar refractivity (Wildman–Crippen MR) is 99.6 cm³/mol. The summed E-state index contributed by atoms with van der Waals surface area (Å²) in [6, 6.07) is 7.06. The van der Waals surface area contributed by atoms with Gasteiger partial charge in [0.1, 0.15) is 5.69 Å². The number of carbonyl (C=O) groups is 1. The Morgan fingerprint density at radius 3 is 2.62 bits per heavy atom. The van der Waals surface area contributed by atoms with Gasteiger partial charge < -0.3 is 10.2 Å². The molecule has 0 aromatic carbocycles. The van der Waals surface area contributed by atoms with Crippen LogP contribution in [0, 0.1) is 0 Å². The first-order valence-electron chi connectivity index (χ1n) is 8.59. The summed E-state index contributed by atoms with van der Waals surface area (Å²) in [5.41, 5.74) is 2.23. The SMILES string of the molecule is CCN(C(=O)c1ccc(NCc2ccncc2)cn1)C1CCS(=O)(=O)C1. The van der Waals surface area contributed by atoms with Gasteiger partial charge >= 0.3 is 0 Å². The zero-order valence-electron chi connectivity index (χ0n) is 14.6. The fourth-order valence-electron chi connectivity index (χ4n) is 3.07. The van der Waals surface area contributed by atoms with E-state index in [1.54, 1.807) is 35.6 Å². The topological polar surface area (TPSA) is 92.3 Å². The summed E-state index contributed by atoms with van der Waals surface area (Å²) in [6.45, 7) is 2.95. The molecular formula is C18H22N4O3S. The van der Waals surface area contributed by atoms with Crippen molar-refractivity contribution in [3.63, 3.8) is 0 Å². The van der Waals surface area contributed by atoms with Crippen LogP contribution in [0.4, 0.5) is 5.69 Å². The first-order chi connectivity index (χ1) is 12.5. The quantitative estimate of drug-likeness (QED) is 0.828. The van der Waals surface area contributed by atoms with Crippen LogP contribution in [-0.2, 0) is 16.4 Å². The van der Waals surface area contributed by atoms with Crippen LogP contribution in [0.2, 0.25) is 0 Å². The van der Waals surface area contributed by atoms with Crippen LogP contribution in [0.15, 0.2) is 42.9 Å². The maximum atomic E-state index is 12.7. The Balaban J connectivity index is 1.64. The second kappa shape index (κ2) is 7.82. The number of sulfone groups is 1. The van der Waals surface area contributed by atoms with Gasteiger partial charge in [0.2, 0.25) is 0 Å². The third-order valence-corrected chi connectivity index (χ3v) is 6.23. The molecule has 138 valence electrons.